The maximum atomic E-state index is 14.5. The molecule has 2 aliphatic rings. The minimum atomic E-state index is -0.719. The average molecular weight is 408 g/mol. The summed E-state index contributed by atoms with van der Waals surface area (Å²) < 4.78 is 30.0. The number of rotatable bonds is 3. The van der Waals surface area contributed by atoms with Gasteiger partial charge in [0.2, 0.25) is 0 Å². The van der Waals surface area contributed by atoms with Crippen molar-refractivity contribution in [2.24, 2.45) is 0 Å². The Morgan fingerprint density at radius 1 is 1.31 bits per heavy atom. The van der Waals surface area contributed by atoms with E-state index in [9.17, 15) is 18.8 Å². The second-order valence-corrected chi connectivity index (χ2v) is 8.09. The quantitative estimate of drug-likeness (QED) is 0.771. The molecular formula is C20H25FN2O6. The number of amides is 2. The van der Waals surface area contributed by atoms with E-state index in [-0.39, 0.29) is 29.8 Å². The van der Waals surface area contributed by atoms with Gasteiger partial charge in [0.15, 0.2) is 0 Å². The zero-order valence-electron chi connectivity index (χ0n) is 16.9. The number of benzene rings is 1. The van der Waals surface area contributed by atoms with Gasteiger partial charge in [0, 0.05) is 17.7 Å². The van der Waals surface area contributed by atoms with E-state index >= 15 is 0 Å². The van der Waals surface area contributed by atoms with Crippen molar-refractivity contribution >= 4 is 18.0 Å². The molecule has 3 rings (SSSR count). The molecule has 1 N–H and O–H groups in total. The van der Waals surface area contributed by atoms with Crippen LogP contribution in [0.3, 0.4) is 0 Å². The van der Waals surface area contributed by atoms with Crippen LogP contribution in [0.1, 0.15) is 53.5 Å². The van der Waals surface area contributed by atoms with Gasteiger partial charge in [-0.15, -0.1) is 0 Å². The predicted molar refractivity (Wildman–Crippen MR) is 100.0 cm³/mol. The molecule has 2 atom stereocenters. The van der Waals surface area contributed by atoms with E-state index in [0.29, 0.717) is 13.0 Å². The van der Waals surface area contributed by atoms with E-state index in [2.05, 4.69) is 10.1 Å². The predicted octanol–water partition coefficient (Wildman–Crippen LogP) is 2.25. The van der Waals surface area contributed by atoms with Gasteiger partial charge in [-0.1, -0.05) is 0 Å². The molecule has 2 amide bonds. The van der Waals surface area contributed by atoms with Crippen LogP contribution >= 0.6 is 0 Å². The van der Waals surface area contributed by atoms with Crippen LogP contribution in [-0.2, 0) is 20.8 Å². The summed E-state index contributed by atoms with van der Waals surface area (Å²) >= 11 is 0. The average Bonchev–Trinajstić information content (AvgIpc) is 2.97. The first-order chi connectivity index (χ1) is 13.6. The van der Waals surface area contributed by atoms with Gasteiger partial charge in [-0.3, -0.25) is 4.79 Å². The maximum Gasteiger partial charge on any atom is 0.407 e. The van der Waals surface area contributed by atoms with Crippen molar-refractivity contribution in [3.8, 4) is 0 Å². The number of alkyl carbamates (subject to hydrolysis) is 1. The van der Waals surface area contributed by atoms with Crippen molar-refractivity contribution in [2.75, 3.05) is 20.3 Å². The van der Waals surface area contributed by atoms with E-state index in [1.54, 1.807) is 20.8 Å². The Hall–Kier alpha value is -2.68. The molecule has 9 heteroatoms. The van der Waals surface area contributed by atoms with Crippen LogP contribution in [0.4, 0.5) is 9.18 Å². The smallest absolute Gasteiger partial charge is 0.407 e. The highest BCUT2D eigenvalue weighted by Crippen LogP contribution is 2.31. The summed E-state index contributed by atoms with van der Waals surface area (Å²) in [6, 6.07) is 1.51. The molecule has 1 saturated heterocycles. The summed E-state index contributed by atoms with van der Waals surface area (Å²) in [5, 5.41) is 2.80. The number of hydrogen-bond acceptors (Lipinski definition) is 6. The van der Waals surface area contributed by atoms with Crippen molar-refractivity contribution in [2.45, 2.75) is 51.4 Å². The topological polar surface area (TPSA) is 94.2 Å². The van der Waals surface area contributed by atoms with E-state index in [1.165, 1.54) is 18.1 Å². The third-order valence-electron chi connectivity index (χ3n) is 4.87. The molecule has 1 aromatic carbocycles. The standard InChI is InChI=1S/C20H25FN2O6/c1-20(2,3)29-19(26)22-15-5-6-28-10-16(15)23-9-13-12(17(23)24)7-11(8-14(13)21)18(25)27-4/h7-8,15-16H,5-6,9-10H2,1-4H3,(H,22,26)/t15-,16-/m1/s1. The van der Waals surface area contributed by atoms with Crippen LogP contribution in [-0.4, -0.2) is 60.9 Å². The van der Waals surface area contributed by atoms with E-state index < -0.39 is 41.5 Å². The van der Waals surface area contributed by atoms with Crippen molar-refractivity contribution in [1.29, 1.82) is 0 Å². The van der Waals surface area contributed by atoms with Crippen molar-refractivity contribution < 1.29 is 33.0 Å². The van der Waals surface area contributed by atoms with Gasteiger partial charge in [-0.2, -0.15) is 0 Å². The zero-order valence-corrected chi connectivity index (χ0v) is 16.9. The molecule has 0 aliphatic carbocycles. The Labute approximate surface area is 168 Å². The maximum absolute atomic E-state index is 14.5. The number of nitrogens with zero attached hydrogens (tertiary/aromatic N) is 1. The molecule has 8 nitrogen and oxygen atoms in total. The molecule has 2 heterocycles. The van der Waals surface area contributed by atoms with Gasteiger partial charge < -0.3 is 24.4 Å². The largest absolute Gasteiger partial charge is 0.465 e. The lowest BCUT2D eigenvalue weighted by Crippen LogP contribution is -2.57. The lowest BCUT2D eigenvalue weighted by molar-refractivity contribution is -0.00497. The molecule has 158 valence electrons. The van der Waals surface area contributed by atoms with E-state index in [4.69, 9.17) is 9.47 Å². The highest BCUT2D eigenvalue weighted by atomic mass is 19.1. The molecule has 0 radical (unpaired) electrons. The Morgan fingerprint density at radius 3 is 2.69 bits per heavy atom. The first kappa shape index (κ1) is 21.0. The van der Waals surface area contributed by atoms with Gasteiger partial charge in [-0.25, -0.2) is 14.0 Å². The molecule has 1 aromatic rings. The fraction of sp³-hybridized carbons (Fsp3) is 0.550. The minimum Gasteiger partial charge on any atom is -0.465 e. The lowest BCUT2D eigenvalue weighted by Gasteiger charge is -2.38. The first-order valence-corrected chi connectivity index (χ1v) is 9.39. The number of carbonyl (C=O) groups excluding carboxylic acids is 3. The monoisotopic (exact) mass is 408 g/mol. The molecule has 0 aromatic heterocycles. The van der Waals surface area contributed by atoms with Crippen LogP contribution in [0, 0.1) is 5.82 Å². The Morgan fingerprint density at radius 2 is 2.03 bits per heavy atom. The SMILES string of the molecule is COC(=O)c1cc(F)c2c(c1)C(=O)N([C@@H]1COCC[C@H]1NC(=O)OC(C)(C)C)C2. The molecule has 1 fully saturated rings. The Kier molecular flexibility index (Phi) is 5.79. The molecule has 29 heavy (non-hydrogen) atoms. The van der Waals surface area contributed by atoms with Crippen LogP contribution in [0.2, 0.25) is 0 Å². The molecule has 0 spiro atoms. The van der Waals surface area contributed by atoms with Crippen LogP contribution in [0.5, 0.6) is 0 Å². The molecule has 0 saturated carbocycles. The summed E-state index contributed by atoms with van der Waals surface area (Å²) in [6.07, 6.45) is -0.0994. The molecular weight excluding hydrogens is 383 g/mol. The molecule has 2 aliphatic heterocycles. The number of fused-ring (bicyclic) bond motifs is 1. The highest BCUT2D eigenvalue weighted by molar-refractivity contribution is 6.01. The number of esters is 1. The van der Waals surface area contributed by atoms with Crippen molar-refractivity contribution in [1.82, 2.24) is 10.2 Å². The van der Waals surface area contributed by atoms with Crippen molar-refractivity contribution in [3.05, 3.63) is 34.6 Å². The first-order valence-electron chi connectivity index (χ1n) is 9.39. The summed E-state index contributed by atoms with van der Waals surface area (Å²) in [5.41, 5.74) is -0.351. The summed E-state index contributed by atoms with van der Waals surface area (Å²) in [7, 11) is 1.19. The third kappa shape index (κ3) is 4.50. The fourth-order valence-electron chi connectivity index (χ4n) is 3.55. The van der Waals surface area contributed by atoms with Crippen molar-refractivity contribution in [3.63, 3.8) is 0 Å². The zero-order chi connectivity index (χ0) is 21.3. The third-order valence-corrected chi connectivity index (χ3v) is 4.87. The number of nitrogens with one attached hydrogen (secondary N) is 1. The summed E-state index contributed by atoms with van der Waals surface area (Å²) in [6.45, 7) is 5.93. The Bertz CT molecular complexity index is 835. The molecule has 0 unspecified atom stereocenters. The number of carbonyl (C=O) groups is 3. The lowest BCUT2D eigenvalue weighted by atomic mass is 10.0. The molecule has 0 bridgehead atoms. The number of hydrogen-bond donors (Lipinski definition) is 1. The van der Waals surface area contributed by atoms with E-state index in [1.807, 2.05) is 0 Å². The van der Waals surface area contributed by atoms with Gasteiger partial charge >= 0.3 is 12.1 Å². The number of methoxy groups -OCH3 is 1. The second-order valence-electron chi connectivity index (χ2n) is 8.09. The van der Waals surface area contributed by atoms with E-state index in [0.717, 1.165) is 6.07 Å². The number of ether oxygens (including phenoxy) is 3. The van der Waals surface area contributed by atoms with Crippen LogP contribution in [0.15, 0.2) is 12.1 Å². The van der Waals surface area contributed by atoms with Gasteiger partial charge in [-0.05, 0) is 39.3 Å². The normalized spacial score (nSPS) is 21.6. The Balaban J connectivity index is 1.81. The second kappa shape index (κ2) is 7.98. The van der Waals surface area contributed by atoms with Gasteiger partial charge in [0.05, 0.1) is 37.9 Å². The highest BCUT2D eigenvalue weighted by Gasteiger charge is 2.41. The summed E-state index contributed by atoms with van der Waals surface area (Å²) in [4.78, 5) is 38.4. The van der Waals surface area contributed by atoms with Gasteiger partial charge in [0.25, 0.3) is 5.91 Å². The minimum absolute atomic E-state index is 0.0257. The van der Waals surface area contributed by atoms with Crippen LogP contribution in [0.25, 0.3) is 0 Å². The van der Waals surface area contributed by atoms with Gasteiger partial charge in [0.1, 0.15) is 11.4 Å². The summed E-state index contributed by atoms with van der Waals surface area (Å²) in [5.74, 6) is -1.79. The van der Waals surface area contributed by atoms with Crippen LogP contribution < -0.4 is 5.32 Å². The fourth-order valence-corrected chi connectivity index (χ4v) is 3.55. The number of halogens is 1.